The summed E-state index contributed by atoms with van der Waals surface area (Å²) in [6, 6.07) is 9.18. The summed E-state index contributed by atoms with van der Waals surface area (Å²) in [6.45, 7) is 3.72. The second-order valence-electron chi connectivity index (χ2n) is 5.20. The molecular formula is C16H14BrN3O2S2. The van der Waals surface area contributed by atoms with Crippen molar-refractivity contribution in [1.82, 2.24) is 9.97 Å². The predicted octanol–water partition coefficient (Wildman–Crippen LogP) is 4.17. The Morgan fingerprint density at radius 2 is 2.08 bits per heavy atom. The van der Waals surface area contributed by atoms with Crippen molar-refractivity contribution in [2.75, 3.05) is 5.32 Å². The Morgan fingerprint density at radius 1 is 1.38 bits per heavy atom. The number of H-pyrrole nitrogens is 1. The van der Waals surface area contributed by atoms with Crippen LogP contribution in [0.3, 0.4) is 0 Å². The number of fused-ring (bicyclic) bond motifs is 1. The minimum Gasteiger partial charge on any atom is -0.325 e. The summed E-state index contributed by atoms with van der Waals surface area (Å²) in [6.07, 6.45) is 0. The van der Waals surface area contributed by atoms with Crippen molar-refractivity contribution in [2.24, 2.45) is 0 Å². The highest BCUT2D eigenvalue weighted by atomic mass is 79.9. The van der Waals surface area contributed by atoms with E-state index in [-0.39, 0.29) is 11.5 Å². The molecule has 0 aliphatic rings. The van der Waals surface area contributed by atoms with Crippen molar-refractivity contribution < 1.29 is 4.79 Å². The number of anilines is 1. The van der Waals surface area contributed by atoms with Crippen LogP contribution in [-0.2, 0) is 4.79 Å². The van der Waals surface area contributed by atoms with E-state index in [4.69, 9.17) is 0 Å². The van der Waals surface area contributed by atoms with Crippen molar-refractivity contribution in [1.29, 1.82) is 0 Å². The number of nitrogens with zero attached hydrogens (tertiary/aromatic N) is 1. The molecule has 0 fully saturated rings. The minimum absolute atomic E-state index is 0.146. The standard InChI is InChI=1S/C16H14BrN3O2S2/c1-8-7-12-14(22)19-16(20-15(12)23-8)24-9(2)13(21)18-11-5-3-10(17)4-6-11/h3-7,9H,1-2H3,(H,18,21)(H,19,20,22). The first-order valence-electron chi connectivity index (χ1n) is 7.16. The van der Waals surface area contributed by atoms with Gasteiger partial charge in [-0.15, -0.1) is 11.3 Å². The van der Waals surface area contributed by atoms with Crippen molar-refractivity contribution in [3.8, 4) is 0 Å². The second-order valence-corrected chi connectivity index (χ2v) is 8.68. The van der Waals surface area contributed by atoms with E-state index in [1.54, 1.807) is 6.92 Å². The molecule has 1 atom stereocenters. The monoisotopic (exact) mass is 423 g/mol. The van der Waals surface area contributed by atoms with E-state index in [1.165, 1.54) is 23.1 Å². The van der Waals surface area contributed by atoms with E-state index < -0.39 is 5.25 Å². The SMILES string of the molecule is Cc1cc2c(=O)[nH]c(SC(C)C(=O)Nc3ccc(Br)cc3)nc2s1. The molecule has 1 aromatic carbocycles. The highest BCUT2D eigenvalue weighted by Crippen LogP contribution is 2.25. The molecular weight excluding hydrogens is 410 g/mol. The summed E-state index contributed by atoms with van der Waals surface area (Å²) in [7, 11) is 0. The lowest BCUT2D eigenvalue weighted by Gasteiger charge is -2.11. The number of halogens is 1. The molecule has 0 spiro atoms. The number of hydrogen-bond acceptors (Lipinski definition) is 5. The molecule has 0 aliphatic carbocycles. The molecule has 1 unspecified atom stereocenters. The summed E-state index contributed by atoms with van der Waals surface area (Å²) in [5, 5.41) is 3.50. The van der Waals surface area contributed by atoms with Gasteiger partial charge in [-0.1, -0.05) is 27.7 Å². The number of aryl methyl sites for hydroxylation is 1. The van der Waals surface area contributed by atoms with E-state index in [1.807, 2.05) is 37.3 Å². The molecule has 2 N–H and O–H groups in total. The van der Waals surface area contributed by atoms with E-state index in [9.17, 15) is 9.59 Å². The number of aromatic amines is 1. The molecule has 0 saturated heterocycles. The molecule has 2 aromatic heterocycles. The molecule has 124 valence electrons. The number of carbonyl (C=O) groups excluding carboxylic acids is 1. The van der Waals surface area contributed by atoms with E-state index in [0.29, 0.717) is 15.4 Å². The van der Waals surface area contributed by atoms with Crippen molar-refractivity contribution in [3.05, 3.63) is 50.0 Å². The molecule has 1 amide bonds. The lowest BCUT2D eigenvalue weighted by atomic mass is 10.3. The Labute approximate surface area is 155 Å². The number of aromatic nitrogens is 2. The van der Waals surface area contributed by atoms with Crippen LogP contribution < -0.4 is 10.9 Å². The Bertz CT molecular complexity index is 950. The molecule has 5 nitrogen and oxygen atoms in total. The molecule has 0 saturated carbocycles. The summed E-state index contributed by atoms with van der Waals surface area (Å²) in [4.78, 5) is 33.3. The Kier molecular flexibility index (Phi) is 5.07. The number of amides is 1. The third-order valence-electron chi connectivity index (χ3n) is 3.27. The summed E-state index contributed by atoms with van der Waals surface area (Å²) in [5.74, 6) is -0.146. The highest BCUT2D eigenvalue weighted by molar-refractivity contribution is 9.10. The zero-order chi connectivity index (χ0) is 17.3. The zero-order valence-electron chi connectivity index (χ0n) is 12.9. The molecule has 24 heavy (non-hydrogen) atoms. The topological polar surface area (TPSA) is 74.8 Å². The lowest BCUT2D eigenvalue weighted by molar-refractivity contribution is -0.115. The molecule has 3 aromatic rings. The number of thiophene rings is 1. The van der Waals surface area contributed by atoms with Crippen molar-refractivity contribution in [3.63, 3.8) is 0 Å². The van der Waals surface area contributed by atoms with E-state index in [2.05, 4.69) is 31.2 Å². The van der Waals surface area contributed by atoms with Crippen molar-refractivity contribution >= 4 is 60.8 Å². The van der Waals surface area contributed by atoms with Gasteiger partial charge in [0.05, 0.1) is 10.6 Å². The van der Waals surface area contributed by atoms with Crippen LogP contribution >= 0.6 is 39.0 Å². The molecule has 0 aliphatic heterocycles. The van der Waals surface area contributed by atoms with Crippen LogP contribution in [0.5, 0.6) is 0 Å². The van der Waals surface area contributed by atoms with Gasteiger partial charge in [-0.2, -0.15) is 0 Å². The van der Waals surface area contributed by atoms with E-state index >= 15 is 0 Å². The highest BCUT2D eigenvalue weighted by Gasteiger charge is 2.17. The van der Waals surface area contributed by atoms with Gasteiger partial charge in [-0.25, -0.2) is 4.98 Å². The van der Waals surface area contributed by atoms with Crippen LogP contribution in [0.2, 0.25) is 0 Å². The van der Waals surface area contributed by atoms with Gasteiger partial charge in [0.2, 0.25) is 5.91 Å². The minimum atomic E-state index is -0.393. The third-order valence-corrected chi connectivity index (χ3v) is 5.73. The largest absolute Gasteiger partial charge is 0.325 e. The Morgan fingerprint density at radius 3 is 2.79 bits per heavy atom. The smallest absolute Gasteiger partial charge is 0.260 e. The first kappa shape index (κ1) is 17.2. The quantitative estimate of drug-likeness (QED) is 0.487. The molecule has 8 heteroatoms. The van der Waals surface area contributed by atoms with Crippen LogP contribution in [0, 0.1) is 6.92 Å². The number of hydrogen-bond donors (Lipinski definition) is 2. The maximum atomic E-state index is 12.3. The van der Waals surface area contributed by atoms with Crippen LogP contribution in [0.15, 0.2) is 44.8 Å². The van der Waals surface area contributed by atoms with Gasteiger partial charge in [0, 0.05) is 15.0 Å². The number of benzene rings is 1. The molecule has 0 bridgehead atoms. The summed E-state index contributed by atoms with van der Waals surface area (Å²) >= 11 is 6.06. The maximum absolute atomic E-state index is 12.3. The number of nitrogens with one attached hydrogen (secondary N) is 2. The maximum Gasteiger partial charge on any atom is 0.260 e. The zero-order valence-corrected chi connectivity index (χ0v) is 16.1. The molecule has 3 rings (SSSR count). The first-order valence-corrected chi connectivity index (χ1v) is 9.65. The van der Waals surface area contributed by atoms with Crippen LogP contribution in [0.1, 0.15) is 11.8 Å². The number of rotatable bonds is 4. The third kappa shape index (κ3) is 3.88. The van der Waals surface area contributed by atoms with Gasteiger partial charge in [-0.3, -0.25) is 9.59 Å². The van der Waals surface area contributed by atoms with Crippen LogP contribution in [0.4, 0.5) is 5.69 Å². The normalized spacial score (nSPS) is 12.3. The van der Waals surface area contributed by atoms with Gasteiger partial charge in [0.25, 0.3) is 5.56 Å². The van der Waals surface area contributed by atoms with Crippen LogP contribution in [0.25, 0.3) is 10.2 Å². The van der Waals surface area contributed by atoms with Gasteiger partial charge in [0.15, 0.2) is 5.16 Å². The van der Waals surface area contributed by atoms with Crippen molar-refractivity contribution in [2.45, 2.75) is 24.3 Å². The number of thioether (sulfide) groups is 1. The average Bonchev–Trinajstić information content (AvgIpc) is 2.90. The first-order chi connectivity index (χ1) is 11.4. The van der Waals surface area contributed by atoms with E-state index in [0.717, 1.165) is 15.0 Å². The van der Waals surface area contributed by atoms with Gasteiger partial charge < -0.3 is 10.3 Å². The lowest BCUT2D eigenvalue weighted by Crippen LogP contribution is -2.23. The van der Waals surface area contributed by atoms with Gasteiger partial charge >= 0.3 is 0 Å². The Hall–Kier alpha value is -1.64. The van der Waals surface area contributed by atoms with Crippen LogP contribution in [-0.4, -0.2) is 21.1 Å². The fourth-order valence-corrected chi connectivity index (χ4v) is 4.09. The second kappa shape index (κ2) is 7.08. The number of carbonyl (C=O) groups is 1. The molecule has 2 heterocycles. The van der Waals surface area contributed by atoms with Gasteiger partial charge in [-0.05, 0) is 44.2 Å². The average molecular weight is 424 g/mol. The van der Waals surface area contributed by atoms with Gasteiger partial charge in [0.1, 0.15) is 4.83 Å². The summed E-state index contributed by atoms with van der Waals surface area (Å²) < 4.78 is 0.948. The Balaban J connectivity index is 1.74. The predicted molar refractivity (Wildman–Crippen MR) is 103 cm³/mol. The molecule has 0 radical (unpaired) electrons. The fourth-order valence-electron chi connectivity index (χ4n) is 2.09. The summed E-state index contributed by atoms with van der Waals surface area (Å²) in [5.41, 5.74) is 0.550. The fraction of sp³-hybridized carbons (Fsp3) is 0.188.